The molecule has 0 fully saturated rings. The van der Waals surface area contributed by atoms with E-state index < -0.39 is 6.10 Å². The quantitative estimate of drug-likeness (QED) is 0.728. The Labute approximate surface area is 148 Å². The summed E-state index contributed by atoms with van der Waals surface area (Å²) in [5.74, 6) is 0.518. The lowest BCUT2D eigenvalue weighted by molar-refractivity contribution is -0.127. The summed E-state index contributed by atoms with van der Waals surface area (Å²) in [5, 5.41) is 2.86. The molecule has 0 saturated carbocycles. The number of pyridine rings is 1. The fraction of sp³-hybridized carbons (Fsp3) is 0.222. The lowest BCUT2D eigenvalue weighted by Gasteiger charge is -2.14. The molecule has 2 heterocycles. The number of carbonyl (C=O) groups excluding carboxylic acids is 1. The molecule has 6 heteroatoms. The number of benzene rings is 1. The van der Waals surface area contributed by atoms with E-state index in [4.69, 9.17) is 4.74 Å². The zero-order valence-electron chi connectivity index (χ0n) is 13.5. The van der Waals surface area contributed by atoms with Gasteiger partial charge in [0.15, 0.2) is 6.10 Å². The van der Waals surface area contributed by atoms with Gasteiger partial charge in [0.1, 0.15) is 11.4 Å². The summed E-state index contributed by atoms with van der Waals surface area (Å²) < 4.78 is 8.57. The largest absolute Gasteiger partial charge is 0.481 e. The number of hydrogen-bond donors (Lipinski definition) is 1. The zero-order chi connectivity index (χ0) is 17.1. The van der Waals surface area contributed by atoms with Gasteiger partial charge in [0, 0.05) is 16.9 Å². The van der Waals surface area contributed by atoms with Gasteiger partial charge in [-0.2, -0.15) is 0 Å². The number of halogens is 1. The van der Waals surface area contributed by atoms with Gasteiger partial charge >= 0.3 is 0 Å². The number of nitrogens with zero attached hydrogens (tertiary/aromatic N) is 2. The van der Waals surface area contributed by atoms with Gasteiger partial charge in [0.05, 0.1) is 12.2 Å². The number of amides is 1. The van der Waals surface area contributed by atoms with E-state index in [-0.39, 0.29) is 5.91 Å². The number of rotatable bonds is 5. The minimum Gasteiger partial charge on any atom is -0.481 e. The molecule has 0 radical (unpaired) electrons. The van der Waals surface area contributed by atoms with Gasteiger partial charge in [-0.1, -0.05) is 12.1 Å². The lowest BCUT2D eigenvalue weighted by atomic mass is 10.2. The third-order valence-corrected chi connectivity index (χ3v) is 4.05. The molecule has 1 N–H and O–H groups in total. The van der Waals surface area contributed by atoms with Crippen molar-refractivity contribution in [2.75, 3.05) is 0 Å². The molecule has 3 rings (SSSR count). The van der Waals surface area contributed by atoms with Crippen molar-refractivity contribution in [3.05, 3.63) is 64.5 Å². The molecule has 0 aliphatic carbocycles. The molecule has 2 aromatic heterocycles. The molecule has 0 aliphatic rings. The first-order chi connectivity index (χ1) is 11.5. The molecule has 0 bridgehead atoms. The summed E-state index contributed by atoms with van der Waals surface area (Å²) in [4.78, 5) is 16.7. The van der Waals surface area contributed by atoms with Gasteiger partial charge in [0.2, 0.25) is 0 Å². The van der Waals surface area contributed by atoms with Crippen molar-refractivity contribution in [2.45, 2.75) is 26.5 Å². The van der Waals surface area contributed by atoms with Crippen molar-refractivity contribution in [3.63, 3.8) is 0 Å². The second kappa shape index (κ2) is 7.05. The van der Waals surface area contributed by atoms with Crippen LogP contribution in [0.5, 0.6) is 5.75 Å². The van der Waals surface area contributed by atoms with Gasteiger partial charge < -0.3 is 14.5 Å². The number of hydrogen-bond acceptors (Lipinski definition) is 3. The van der Waals surface area contributed by atoms with E-state index in [2.05, 4.69) is 26.2 Å². The number of ether oxygens (including phenoxy) is 1. The maximum Gasteiger partial charge on any atom is 0.261 e. The molecule has 3 aromatic rings. The minimum atomic E-state index is -0.571. The molecule has 1 amide bonds. The summed E-state index contributed by atoms with van der Waals surface area (Å²) in [5.41, 5.74) is 2.73. The van der Waals surface area contributed by atoms with Gasteiger partial charge in [-0.15, -0.1) is 0 Å². The molecule has 5 nitrogen and oxygen atoms in total. The second-order valence-electron chi connectivity index (χ2n) is 5.64. The predicted molar refractivity (Wildman–Crippen MR) is 96.0 cm³/mol. The first-order valence-corrected chi connectivity index (χ1v) is 8.45. The highest BCUT2D eigenvalue weighted by Crippen LogP contribution is 2.15. The zero-order valence-corrected chi connectivity index (χ0v) is 15.1. The van der Waals surface area contributed by atoms with Crippen molar-refractivity contribution in [3.8, 4) is 5.75 Å². The molecule has 1 unspecified atom stereocenters. The van der Waals surface area contributed by atoms with E-state index in [1.807, 2.05) is 60.1 Å². The summed E-state index contributed by atoms with van der Waals surface area (Å²) in [6.07, 6.45) is 3.25. The SMILES string of the molecule is Cc1cccc(OC(C)C(=O)NCc2cn3cc(Br)ccc3n2)c1. The predicted octanol–water partition coefficient (Wildman–Crippen LogP) is 3.49. The number of aryl methyl sites for hydroxylation is 1. The van der Waals surface area contributed by atoms with Crippen LogP contribution in [0.2, 0.25) is 0 Å². The van der Waals surface area contributed by atoms with Crippen molar-refractivity contribution in [1.82, 2.24) is 14.7 Å². The average molecular weight is 388 g/mol. The monoisotopic (exact) mass is 387 g/mol. The van der Waals surface area contributed by atoms with Crippen molar-refractivity contribution >= 4 is 27.5 Å². The Hall–Kier alpha value is -2.34. The Bertz CT molecular complexity index is 876. The third kappa shape index (κ3) is 3.94. The topological polar surface area (TPSA) is 55.6 Å². The number of imidazole rings is 1. The molecule has 0 aliphatic heterocycles. The van der Waals surface area contributed by atoms with E-state index in [0.29, 0.717) is 12.3 Å². The van der Waals surface area contributed by atoms with Crippen LogP contribution >= 0.6 is 15.9 Å². The Morgan fingerprint density at radius 2 is 2.17 bits per heavy atom. The number of aromatic nitrogens is 2. The highest BCUT2D eigenvalue weighted by molar-refractivity contribution is 9.10. The number of fused-ring (bicyclic) bond motifs is 1. The molecule has 24 heavy (non-hydrogen) atoms. The van der Waals surface area contributed by atoms with Crippen molar-refractivity contribution in [1.29, 1.82) is 0 Å². The molecular formula is C18H18BrN3O2. The molecule has 0 spiro atoms. The van der Waals surface area contributed by atoms with E-state index >= 15 is 0 Å². The van der Waals surface area contributed by atoms with Gasteiger partial charge in [0.25, 0.3) is 5.91 Å². The molecule has 1 atom stereocenters. The van der Waals surface area contributed by atoms with Crippen LogP contribution in [0.15, 0.2) is 53.3 Å². The van der Waals surface area contributed by atoms with Crippen LogP contribution in [0, 0.1) is 6.92 Å². The Morgan fingerprint density at radius 3 is 2.96 bits per heavy atom. The third-order valence-electron chi connectivity index (χ3n) is 3.58. The Balaban J connectivity index is 1.59. The van der Waals surface area contributed by atoms with Crippen LogP contribution in [0.1, 0.15) is 18.2 Å². The second-order valence-corrected chi connectivity index (χ2v) is 6.56. The Morgan fingerprint density at radius 1 is 1.33 bits per heavy atom. The van der Waals surface area contributed by atoms with E-state index in [1.165, 1.54) is 0 Å². The van der Waals surface area contributed by atoms with Crippen LogP contribution in [0.4, 0.5) is 0 Å². The van der Waals surface area contributed by atoms with Crippen molar-refractivity contribution < 1.29 is 9.53 Å². The van der Waals surface area contributed by atoms with Gasteiger partial charge in [-0.05, 0) is 59.6 Å². The summed E-state index contributed by atoms with van der Waals surface area (Å²) >= 11 is 3.42. The molecule has 0 saturated heterocycles. The molecular weight excluding hydrogens is 370 g/mol. The normalized spacial score (nSPS) is 12.1. The summed E-state index contributed by atoms with van der Waals surface area (Å²) in [7, 11) is 0. The number of nitrogens with one attached hydrogen (secondary N) is 1. The van der Waals surface area contributed by atoms with E-state index in [0.717, 1.165) is 21.4 Å². The molecule has 1 aromatic carbocycles. The van der Waals surface area contributed by atoms with Gasteiger partial charge in [-0.25, -0.2) is 4.98 Å². The van der Waals surface area contributed by atoms with E-state index in [9.17, 15) is 4.79 Å². The van der Waals surface area contributed by atoms with E-state index in [1.54, 1.807) is 6.92 Å². The first-order valence-electron chi connectivity index (χ1n) is 7.65. The smallest absolute Gasteiger partial charge is 0.261 e. The van der Waals surface area contributed by atoms with Crippen LogP contribution in [-0.2, 0) is 11.3 Å². The fourth-order valence-corrected chi connectivity index (χ4v) is 2.72. The van der Waals surface area contributed by atoms with Crippen LogP contribution in [0.3, 0.4) is 0 Å². The average Bonchev–Trinajstić information content (AvgIpc) is 2.94. The maximum atomic E-state index is 12.2. The minimum absolute atomic E-state index is 0.172. The van der Waals surface area contributed by atoms with Crippen LogP contribution in [0.25, 0.3) is 5.65 Å². The highest BCUT2D eigenvalue weighted by Gasteiger charge is 2.15. The fourth-order valence-electron chi connectivity index (χ4n) is 2.37. The van der Waals surface area contributed by atoms with Gasteiger partial charge in [-0.3, -0.25) is 4.79 Å². The molecule has 124 valence electrons. The highest BCUT2D eigenvalue weighted by atomic mass is 79.9. The summed E-state index contributed by atoms with van der Waals surface area (Å²) in [6.45, 7) is 4.08. The van der Waals surface area contributed by atoms with Crippen LogP contribution < -0.4 is 10.1 Å². The summed E-state index contributed by atoms with van der Waals surface area (Å²) in [6, 6.07) is 11.5. The first kappa shape index (κ1) is 16.5. The van der Waals surface area contributed by atoms with Crippen LogP contribution in [-0.4, -0.2) is 21.4 Å². The van der Waals surface area contributed by atoms with Crippen molar-refractivity contribution in [2.24, 2.45) is 0 Å². The lowest BCUT2D eigenvalue weighted by Crippen LogP contribution is -2.36. The Kier molecular flexibility index (Phi) is 4.85. The maximum absolute atomic E-state index is 12.2. The standard InChI is InChI=1S/C18H18BrN3O2/c1-12-4-3-5-16(8-12)24-13(2)18(23)20-9-15-11-22-10-14(19)6-7-17(22)21-15/h3-8,10-11,13H,9H2,1-2H3,(H,20,23). The number of carbonyl (C=O) groups is 1.